The summed E-state index contributed by atoms with van der Waals surface area (Å²) in [5.74, 6) is -7.12. The van der Waals surface area contributed by atoms with Crippen molar-refractivity contribution in [3.8, 4) is 11.1 Å². The number of rotatable bonds is 14. The van der Waals surface area contributed by atoms with Gasteiger partial charge in [0.15, 0.2) is 11.6 Å². The van der Waals surface area contributed by atoms with Crippen molar-refractivity contribution in [2.24, 2.45) is 0 Å². The predicted octanol–water partition coefficient (Wildman–Crippen LogP) is 8.34. The Kier molecular flexibility index (Phi) is 17.2. The first-order chi connectivity index (χ1) is 33.1. The minimum absolute atomic E-state index is 0.0187. The van der Waals surface area contributed by atoms with E-state index in [0.29, 0.717) is 66.3 Å². The highest BCUT2D eigenvalue weighted by molar-refractivity contribution is 9.10. The normalized spacial score (nSPS) is 11.4. The van der Waals surface area contributed by atoms with Gasteiger partial charge in [-0.2, -0.15) is 0 Å². The number of carbonyl (C=O) groups excluding carboxylic acids is 2. The van der Waals surface area contributed by atoms with Gasteiger partial charge >= 0.3 is 7.12 Å². The molecular weight excluding hydrogens is 1070 g/mol. The first-order valence-electron chi connectivity index (χ1n) is 20.4. The summed E-state index contributed by atoms with van der Waals surface area (Å²) < 4.78 is 111. The fourth-order valence-corrected chi connectivity index (χ4v) is 9.34. The quantitative estimate of drug-likeness (QED) is 0.0260. The largest absolute Gasteiger partial charge is 0.490 e. The van der Waals surface area contributed by atoms with E-state index in [2.05, 4.69) is 55.3 Å². The average molecular weight is 1110 g/mol. The van der Waals surface area contributed by atoms with Gasteiger partial charge in [0, 0.05) is 80.1 Å². The molecule has 0 spiro atoms. The third-order valence-electron chi connectivity index (χ3n) is 9.74. The standard InChI is InChI=1S/C22H17ClF2N4O3S.C17H14BrF2N3O3S.C5H5BClNO2/c1-2-7-33(31,32)29-17-5-4-16(24)19(20(17)25)21(30)15-11-28-22-14(15)8-13(10-27-22)12-3-6-18(23)26-9-12;1-2-5-27(25,26)23-13-4-3-12(19)14(15(13)20)16(24)11-8-22-17-10(11)6-9(18)7-21-17;7-5-2-1-4(3-8-5)6(9)10/h3-6,8-11,29H,2,7H2,1H3,(H,27,28);3-4,6-8,23H,2,5H2,1H3,(H,21,22);1-3,9-10H. The minimum Gasteiger partial charge on any atom is -0.423 e. The fraction of sp³-hybridized carbons (Fsp3) is 0.136. The van der Waals surface area contributed by atoms with E-state index < -0.39 is 84.5 Å². The summed E-state index contributed by atoms with van der Waals surface area (Å²) in [7, 11) is -9.12. The van der Waals surface area contributed by atoms with Crippen LogP contribution < -0.4 is 14.9 Å². The average Bonchev–Trinajstić information content (AvgIpc) is 3.93. The van der Waals surface area contributed by atoms with Crippen molar-refractivity contribution in [1.82, 2.24) is 29.9 Å². The highest BCUT2D eigenvalue weighted by Gasteiger charge is 2.28. The maximum atomic E-state index is 15.1. The van der Waals surface area contributed by atoms with Gasteiger partial charge in [-0.3, -0.25) is 19.0 Å². The highest BCUT2D eigenvalue weighted by Crippen LogP contribution is 2.31. The third kappa shape index (κ3) is 12.7. The zero-order valence-corrected chi connectivity index (χ0v) is 41.0. The number of fused-ring (bicyclic) bond motifs is 2. The van der Waals surface area contributed by atoms with Crippen LogP contribution in [0.15, 0.2) is 102 Å². The van der Waals surface area contributed by atoms with Gasteiger partial charge in [-0.05, 0) is 83.4 Å². The monoisotopic (exact) mass is 1100 g/mol. The minimum atomic E-state index is -3.85. The Labute approximate surface area is 415 Å². The number of nitrogens with zero attached hydrogens (tertiary/aromatic N) is 4. The molecule has 26 heteroatoms. The fourth-order valence-electron chi connectivity index (χ4n) is 6.52. The van der Waals surface area contributed by atoms with E-state index in [1.165, 1.54) is 43.1 Å². The second-order valence-electron chi connectivity index (χ2n) is 14.8. The van der Waals surface area contributed by atoms with E-state index in [1.807, 2.05) is 0 Å². The molecule has 364 valence electrons. The van der Waals surface area contributed by atoms with E-state index in [9.17, 15) is 39.6 Å². The number of halogens is 7. The Bertz CT molecular complexity index is 3470. The van der Waals surface area contributed by atoms with E-state index >= 15 is 4.39 Å². The van der Waals surface area contributed by atoms with Crippen molar-refractivity contribution in [2.45, 2.75) is 26.7 Å². The summed E-state index contributed by atoms with van der Waals surface area (Å²) in [5, 5.41) is 18.5. The number of aromatic nitrogens is 6. The molecule has 0 fully saturated rings. The number of hydrogen-bond acceptors (Lipinski definition) is 12. The van der Waals surface area contributed by atoms with Crippen molar-refractivity contribution in [1.29, 1.82) is 0 Å². The number of pyridine rings is 4. The van der Waals surface area contributed by atoms with Gasteiger partial charge in [-0.15, -0.1) is 0 Å². The molecule has 0 atom stereocenters. The van der Waals surface area contributed by atoms with Crippen LogP contribution in [0.4, 0.5) is 28.9 Å². The summed E-state index contributed by atoms with van der Waals surface area (Å²) in [6, 6.07) is 13.1. The number of benzene rings is 2. The first kappa shape index (κ1) is 53.1. The number of nitrogens with one attached hydrogen (secondary N) is 4. The van der Waals surface area contributed by atoms with Gasteiger partial charge in [-0.1, -0.05) is 43.1 Å². The molecule has 6 N–H and O–H groups in total. The molecule has 6 aromatic heterocycles. The number of ketones is 2. The number of hydrogen-bond donors (Lipinski definition) is 6. The summed E-state index contributed by atoms with van der Waals surface area (Å²) in [6.45, 7) is 3.30. The summed E-state index contributed by atoms with van der Waals surface area (Å²) in [4.78, 5) is 47.5. The zero-order valence-electron chi connectivity index (χ0n) is 36.2. The van der Waals surface area contributed by atoms with Crippen LogP contribution in [0.5, 0.6) is 0 Å². The topological polar surface area (TPSA) is 250 Å². The smallest absolute Gasteiger partial charge is 0.423 e. The van der Waals surface area contributed by atoms with E-state index in [0.717, 1.165) is 24.3 Å². The van der Waals surface area contributed by atoms with Crippen LogP contribution in [0.25, 0.3) is 33.2 Å². The van der Waals surface area contributed by atoms with Crippen LogP contribution in [0.3, 0.4) is 0 Å². The molecule has 2 aromatic carbocycles. The summed E-state index contributed by atoms with van der Waals surface area (Å²) in [5.41, 5.74) is -0.348. The maximum Gasteiger partial charge on any atom is 0.490 e. The van der Waals surface area contributed by atoms with Crippen molar-refractivity contribution in [3.05, 3.63) is 158 Å². The van der Waals surface area contributed by atoms with Crippen molar-refractivity contribution in [3.63, 3.8) is 0 Å². The van der Waals surface area contributed by atoms with Gasteiger partial charge < -0.3 is 20.0 Å². The SMILES string of the molecule is CCCS(=O)(=O)Nc1ccc(F)c(C(=O)c2c[nH]c3ncc(-c4ccc(Cl)nc4)cc23)c1F.CCCS(=O)(=O)Nc1ccc(F)c(C(=O)c2c[nH]c3ncc(Br)cc23)c1F.OB(O)c1ccc(Cl)nc1. The molecule has 0 saturated heterocycles. The lowest BCUT2D eigenvalue weighted by Crippen LogP contribution is -2.29. The van der Waals surface area contributed by atoms with Crippen LogP contribution >= 0.6 is 39.1 Å². The van der Waals surface area contributed by atoms with E-state index in [-0.39, 0.29) is 22.6 Å². The van der Waals surface area contributed by atoms with E-state index in [1.54, 1.807) is 44.3 Å². The van der Waals surface area contributed by atoms with Gasteiger partial charge in [0.2, 0.25) is 31.6 Å². The molecule has 0 unspecified atom stereocenters. The molecule has 0 saturated carbocycles. The molecule has 0 bridgehead atoms. The molecule has 0 amide bonds. The second kappa shape index (κ2) is 22.6. The number of anilines is 2. The number of sulfonamides is 2. The third-order valence-corrected chi connectivity index (χ3v) is 13.6. The van der Waals surface area contributed by atoms with Gasteiger partial charge in [0.05, 0.1) is 34.0 Å². The lowest BCUT2D eigenvalue weighted by atomic mass is 9.82. The van der Waals surface area contributed by atoms with Gasteiger partial charge in [0.25, 0.3) is 0 Å². The summed E-state index contributed by atoms with van der Waals surface area (Å²) >= 11 is 14.5. The molecule has 16 nitrogen and oxygen atoms in total. The van der Waals surface area contributed by atoms with Crippen molar-refractivity contribution < 1.29 is 54.0 Å². The predicted molar refractivity (Wildman–Crippen MR) is 262 cm³/mol. The van der Waals surface area contributed by atoms with Gasteiger partial charge in [-0.25, -0.2) is 54.3 Å². The van der Waals surface area contributed by atoms with Crippen LogP contribution in [0.2, 0.25) is 10.3 Å². The first-order valence-corrected chi connectivity index (χ1v) is 25.2. The Morgan fingerprint density at radius 1 is 0.643 bits per heavy atom. The van der Waals surface area contributed by atoms with Gasteiger partial charge in [0.1, 0.15) is 33.2 Å². The Morgan fingerprint density at radius 3 is 1.54 bits per heavy atom. The number of aromatic amines is 2. The molecule has 70 heavy (non-hydrogen) atoms. The molecule has 6 heterocycles. The van der Waals surface area contributed by atoms with Crippen molar-refractivity contribution in [2.75, 3.05) is 20.9 Å². The van der Waals surface area contributed by atoms with Crippen molar-refractivity contribution >= 4 is 117 Å². The summed E-state index contributed by atoms with van der Waals surface area (Å²) in [6.07, 6.45) is 9.14. The Morgan fingerprint density at radius 2 is 1.10 bits per heavy atom. The second-order valence-corrected chi connectivity index (χ2v) is 20.2. The van der Waals surface area contributed by atoms with Crippen LogP contribution in [-0.2, 0) is 20.0 Å². The molecule has 0 aliphatic heterocycles. The maximum absolute atomic E-state index is 15.1. The van der Waals surface area contributed by atoms with Crippen LogP contribution in [0, 0.1) is 23.3 Å². The Balaban J connectivity index is 0.000000194. The molecular formula is C44H36BBrCl2F4N8O8S2. The van der Waals surface area contributed by atoms with E-state index in [4.69, 9.17) is 33.2 Å². The molecule has 0 aliphatic carbocycles. The molecule has 8 rings (SSSR count). The molecule has 0 radical (unpaired) electrons. The van der Waals surface area contributed by atoms with Crippen LogP contribution in [0.1, 0.15) is 58.5 Å². The lowest BCUT2D eigenvalue weighted by molar-refractivity contribution is 0.102. The Hall–Kier alpha value is -6.28. The number of carbonyl (C=O) groups is 2. The lowest BCUT2D eigenvalue weighted by Gasteiger charge is -2.11. The molecule has 0 aliphatic rings. The zero-order chi connectivity index (χ0) is 51.1. The van der Waals surface area contributed by atoms with Crippen LogP contribution in [-0.4, -0.2) is 87.0 Å². The molecule has 8 aromatic rings. The highest BCUT2D eigenvalue weighted by atomic mass is 79.9. The number of H-pyrrole nitrogens is 2.